The van der Waals surface area contributed by atoms with E-state index >= 15 is 0 Å². The van der Waals surface area contributed by atoms with Gasteiger partial charge in [-0.2, -0.15) is 0 Å². The summed E-state index contributed by atoms with van der Waals surface area (Å²) in [6.07, 6.45) is 3.73. The Bertz CT molecular complexity index is 711. The molecule has 118 valence electrons. The molecule has 2 aliphatic rings. The summed E-state index contributed by atoms with van der Waals surface area (Å²) in [5.74, 6) is 1.54. The first-order valence-electron chi connectivity index (χ1n) is 7.08. The Morgan fingerprint density at radius 1 is 1.32 bits per heavy atom. The van der Waals surface area contributed by atoms with Crippen LogP contribution >= 0.6 is 0 Å². The molecule has 0 radical (unpaired) electrons. The van der Waals surface area contributed by atoms with E-state index in [4.69, 9.17) is 9.47 Å². The molecule has 0 saturated carbocycles. The van der Waals surface area contributed by atoms with Crippen LogP contribution in [0.15, 0.2) is 24.3 Å². The fourth-order valence-corrected chi connectivity index (χ4v) is 4.39. The van der Waals surface area contributed by atoms with Crippen molar-refractivity contribution in [1.82, 2.24) is 5.32 Å². The first-order chi connectivity index (χ1) is 10.5. The van der Waals surface area contributed by atoms with E-state index in [-0.39, 0.29) is 30.1 Å². The molecular weight excluding hydrogens is 306 g/mol. The molecule has 1 saturated heterocycles. The van der Waals surface area contributed by atoms with Gasteiger partial charge in [0.25, 0.3) is 0 Å². The second-order valence-electron chi connectivity index (χ2n) is 5.46. The topological polar surface area (TPSA) is 81.7 Å². The summed E-state index contributed by atoms with van der Waals surface area (Å²) < 4.78 is 33.2. The number of amides is 1. The maximum atomic E-state index is 11.8. The van der Waals surface area contributed by atoms with Gasteiger partial charge < -0.3 is 14.8 Å². The Balaban J connectivity index is 1.51. The summed E-state index contributed by atoms with van der Waals surface area (Å²) in [6.45, 7) is 0.608. The van der Waals surface area contributed by atoms with Gasteiger partial charge in [0.2, 0.25) is 12.7 Å². The van der Waals surface area contributed by atoms with Gasteiger partial charge in [0.05, 0.1) is 11.5 Å². The number of sulfone groups is 1. The number of rotatable bonds is 4. The third-order valence-corrected chi connectivity index (χ3v) is 5.55. The van der Waals surface area contributed by atoms with E-state index < -0.39 is 9.84 Å². The minimum Gasteiger partial charge on any atom is -0.454 e. The highest BCUT2D eigenvalue weighted by Gasteiger charge is 2.27. The lowest BCUT2D eigenvalue weighted by molar-refractivity contribution is -0.116. The van der Waals surface area contributed by atoms with E-state index in [1.54, 1.807) is 18.2 Å². The molecule has 1 N–H and O–H groups in total. The number of nitrogens with one attached hydrogen (secondary N) is 1. The largest absolute Gasteiger partial charge is 0.454 e. The maximum absolute atomic E-state index is 11.8. The van der Waals surface area contributed by atoms with Crippen LogP contribution in [-0.4, -0.2) is 39.2 Å². The molecule has 6 nitrogen and oxygen atoms in total. The summed E-state index contributed by atoms with van der Waals surface area (Å²) in [6, 6.07) is 5.43. The Morgan fingerprint density at radius 3 is 2.91 bits per heavy atom. The van der Waals surface area contributed by atoms with E-state index in [0.29, 0.717) is 24.5 Å². The summed E-state index contributed by atoms with van der Waals surface area (Å²) in [5.41, 5.74) is 0.836. The van der Waals surface area contributed by atoms with Crippen molar-refractivity contribution >= 4 is 21.8 Å². The molecule has 0 aromatic heterocycles. The van der Waals surface area contributed by atoms with Crippen LogP contribution in [-0.2, 0) is 14.6 Å². The van der Waals surface area contributed by atoms with Crippen molar-refractivity contribution < 1.29 is 22.7 Å². The van der Waals surface area contributed by atoms with Crippen LogP contribution in [0.1, 0.15) is 12.0 Å². The molecule has 1 unspecified atom stereocenters. The van der Waals surface area contributed by atoms with Crippen molar-refractivity contribution in [2.75, 3.05) is 24.8 Å². The Kier molecular flexibility index (Phi) is 4.06. The molecule has 2 aliphatic heterocycles. The number of ether oxygens (including phenoxy) is 2. The van der Waals surface area contributed by atoms with Crippen LogP contribution < -0.4 is 14.8 Å². The van der Waals surface area contributed by atoms with Gasteiger partial charge in [0, 0.05) is 12.6 Å². The number of benzene rings is 1. The molecule has 22 heavy (non-hydrogen) atoms. The minimum atomic E-state index is -2.90. The van der Waals surface area contributed by atoms with Crippen LogP contribution in [0.4, 0.5) is 0 Å². The van der Waals surface area contributed by atoms with E-state index in [0.717, 1.165) is 5.56 Å². The van der Waals surface area contributed by atoms with Crippen molar-refractivity contribution in [1.29, 1.82) is 0 Å². The van der Waals surface area contributed by atoms with Gasteiger partial charge in [-0.15, -0.1) is 0 Å². The number of carbonyl (C=O) groups excluding carboxylic acids is 1. The monoisotopic (exact) mass is 323 g/mol. The van der Waals surface area contributed by atoms with Gasteiger partial charge in [-0.1, -0.05) is 6.07 Å². The van der Waals surface area contributed by atoms with Crippen LogP contribution in [0.5, 0.6) is 11.5 Å². The molecular formula is C15H17NO5S. The smallest absolute Gasteiger partial charge is 0.244 e. The SMILES string of the molecule is O=C(C=Cc1ccc2c(c1)OCO2)NCC1CCS(=O)(=O)C1. The van der Waals surface area contributed by atoms with Crippen molar-refractivity contribution in [2.45, 2.75) is 6.42 Å². The quantitative estimate of drug-likeness (QED) is 0.835. The lowest BCUT2D eigenvalue weighted by Gasteiger charge is -2.07. The van der Waals surface area contributed by atoms with E-state index in [1.165, 1.54) is 6.08 Å². The molecule has 1 atom stereocenters. The maximum Gasteiger partial charge on any atom is 0.244 e. The van der Waals surface area contributed by atoms with Gasteiger partial charge >= 0.3 is 0 Å². The fraction of sp³-hybridized carbons (Fsp3) is 0.400. The number of fused-ring (bicyclic) bond motifs is 1. The molecule has 0 spiro atoms. The fourth-order valence-electron chi connectivity index (χ4n) is 2.53. The Hall–Kier alpha value is -2.02. The van der Waals surface area contributed by atoms with E-state index in [2.05, 4.69) is 5.32 Å². The second-order valence-corrected chi connectivity index (χ2v) is 7.69. The van der Waals surface area contributed by atoms with Crippen molar-refractivity contribution in [3.05, 3.63) is 29.8 Å². The highest BCUT2D eigenvalue weighted by atomic mass is 32.2. The molecule has 2 heterocycles. The lowest BCUT2D eigenvalue weighted by Crippen LogP contribution is -2.28. The van der Waals surface area contributed by atoms with Crippen LogP contribution in [0.3, 0.4) is 0 Å². The molecule has 1 aromatic carbocycles. The summed E-state index contributed by atoms with van der Waals surface area (Å²) in [4.78, 5) is 11.8. The van der Waals surface area contributed by atoms with Gasteiger partial charge in [-0.05, 0) is 36.1 Å². The predicted octanol–water partition coefficient (Wildman–Crippen LogP) is 0.979. The normalized spacial score (nSPS) is 22.1. The standard InChI is InChI=1S/C15H17NO5S/c17-15(16-8-12-5-6-22(18,19)9-12)4-2-11-1-3-13-14(7-11)21-10-20-13/h1-4,7,12H,5-6,8-10H2,(H,16,17). The third kappa shape index (κ3) is 3.59. The highest BCUT2D eigenvalue weighted by Crippen LogP contribution is 2.32. The molecule has 1 fully saturated rings. The first kappa shape index (κ1) is 14.9. The van der Waals surface area contributed by atoms with Crippen LogP contribution in [0, 0.1) is 5.92 Å². The van der Waals surface area contributed by atoms with Crippen molar-refractivity contribution in [3.63, 3.8) is 0 Å². The molecule has 0 bridgehead atoms. The molecule has 3 rings (SSSR count). The average Bonchev–Trinajstić information content (AvgIpc) is 3.08. The summed E-state index contributed by atoms with van der Waals surface area (Å²) in [5, 5.41) is 2.74. The number of hydrogen-bond acceptors (Lipinski definition) is 5. The summed E-state index contributed by atoms with van der Waals surface area (Å²) in [7, 11) is -2.90. The number of hydrogen-bond donors (Lipinski definition) is 1. The zero-order valence-corrected chi connectivity index (χ0v) is 12.8. The van der Waals surface area contributed by atoms with Crippen LogP contribution in [0.25, 0.3) is 6.08 Å². The van der Waals surface area contributed by atoms with Gasteiger partial charge in [-0.25, -0.2) is 8.42 Å². The van der Waals surface area contributed by atoms with Crippen molar-refractivity contribution in [3.8, 4) is 11.5 Å². The van der Waals surface area contributed by atoms with Crippen molar-refractivity contribution in [2.24, 2.45) is 5.92 Å². The molecule has 1 amide bonds. The number of carbonyl (C=O) groups is 1. The molecule has 1 aromatic rings. The molecule has 7 heteroatoms. The van der Waals surface area contributed by atoms with E-state index in [1.807, 2.05) is 6.07 Å². The highest BCUT2D eigenvalue weighted by molar-refractivity contribution is 7.91. The Morgan fingerprint density at radius 2 is 2.14 bits per heavy atom. The zero-order chi connectivity index (χ0) is 15.6. The van der Waals surface area contributed by atoms with Gasteiger partial charge in [-0.3, -0.25) is 4.79 Å². The van der Waals surface area contributed by atoms with Gasteiger partial charge in [0.15, 0.2) is 21.3 Å². The second kappa shape index (κ2) is 6.00. The lowest BCUT2D eigenvalue weighted by atomic mass is 10.1. The van der Waals surface area contributed by atoms with Gasteiger partial charge in [0.1, 0.15) is 0 Å². The summed E-state index contributed by atoms with van der Waals surface area (Å²) >= 11 is 0. The average molecular weight is 323 g/mol. The van der Waals surface area contributed by atoms with E-state index in [9.17, 15) is 13.2 Å². The van der Waals surface area contributed by atoms with Crippen LogP contribution in [0.2, 0.25) is 0 Å². The molecule has 0 aliphatic carbocycles. The zero-order valence-electron chi connectivity index (χ0n) is 11.9. The first-order valence-corrected chi connectivity index (χ1v) is 8.90. The minimum absolute atomic E-state index is 0.0212. The third-order valence-electron chi connectivity index (χ3n) is 3.72. The Labute approximate surface area is 129 Å². The predicted molar refractivity (Wildman–Crippen MR) is 81.4 cm³/mol.